The van der Waals surface area contributed by atoms with Gasteiger partial charge in [0, 0.05) is 12.2 Å². The second-order valence-electron chi connectivity index (χ2n) is 5.77. The van der Waals surface area contributed by atoms with E-state index < -0.39 is 0 Å². The quantitative estimate of drug-likeness (QED) is 0.795. The molecule has 0 aliphatic rings. The smallest absolute Gasteiger partial charge is 0.234 e. The number of nitrogens with one attached hydrogen (secondary N) is 2. The molecule has 25 heavy (non-hydrogen) atoms. The van der Waals surface area contributed by atoms with Crippen LogP contribution in [0.4, 0.5) is 10.1 Å². The van der Waals surface area contributed by atoms with E-state index in [4.69, 9.17) is 0 Å². The predicted molar refractivity (Wildman–Crippen MR) is 100 cm³/mol. The van der Waals surface area contributed by atoms with Gasteiger partial charge in [-0.2, -0.15) is 0 Å². The normalized spacial score (nSPS) is 10.4. The summed E-state index contributed by atoms with van der Waals surface area (Å²) < 4.78 is 13.4. The van der Waals surface area contributed by atoms with Gasteiger partial charge in [-0.05, 0) is 43.2 Å². The molecule has 4 nitrogen and oxygen atoms in total. The number of carbonyl (C=O) groups excluding carboxylic acids is 2. The molecule has 0 aliphatic carbocycles. The Bertz CT molecular complexity index is 748. The van der Waals surface area contributed by atoms with Crippen molar-refractivity contribution in [2.45, 2.75) is 20.4 Å². The molecular formula is C19H21FN2O2S. The van der Waals surface area contributed by atoms with E-state index in [1.807, 2.05) is 31.2 Å². The third-order valence-electron chi connectivity index (χ3n) is 3.53. The fourth-order valence-corrected chi connectivity index (χ4v) is 2.72. The van der Waals surface area contributed by atoms with Crippen molar-refractivity contribution >= 4 is 29.3 Å². The van der Waals surface area contributed by atoms with E-state index in [9.17, 15) is 14.0 Å². The maximum absolute atomic E-state index is 13.4. The molecule has 6 heteroatoms. The van der Waals surface area contributed by atoms with Gasteiger partial charge in [0.2, 0.25) is 11.8 Å². The summed E-state index contributed by atoms with van der Waals surface area (Å²) in [5.41, 5.74) is 3.14. The summed E-state index contributed by atoms with van der Waals surface area (Å²) in [6, 6.07) is 12.4. The van der Waals surface area contributed by atoms with Gasteiger partial charge in [0.1, 0.15) is 5.82 Å². The Morgan fingerprint density at radius 1 is 1.00 bits per heavy atom. The van der Waals surface area contributed by atoms with Crippen molar-refractivity contribution in [3.8, 4) is 0 Å². The van der Waals surface area contributed by atoms with Crippen LogP contribution in [-0.4, -0.2) is 23.3 Å². The maximum Gasteiger partial charge on any atom is 0.234 e. The lowest BCUT2D eigenvalue weighted by molar-refractivity contribution is -0.118. The molecule has 0 saturated heterocycles. The number of rotatable bonds is 7. The van der Waals surface area contributed by atoms with Gasteiger partial charge >= 0.3 is 0 Å². The van der Waals surface area contributed by atoms with Gasteiger partial charge in [-0.25, -0.2) is 4.39 Å². The third kappa shape index (κ3) is 6.58. The van der Waals surface area contributed by atoms with Crippen LogP contribution in [0.15, 0.2) is 42.5 Å². The second kappa shape index (κ2) is 9.22. The molecule has 0 atom stereocenters. The number of hydrogen-bond donors (Lipinski definition) is 2. The lowest BCUT2D eigenvalue weighted by Gasteiger charge is -2.07. The van der Waals surface area contributed by atoms with Gasteiger partial charge in [-0.15, -0.1) is 11.8 Å². The van der Waals surface area contributed by atoms with E-state index in [-0.39, 0.29) is 35.7 Å². The highest BCUT2D eigenvalue weighted by Crippen LogP contribution is 2.10. The molecule has 0 fully saturated rings. The number of anilines is 1. The molecule has 2 aromatic rings. The van der Waals surface area contributed by atoms with Crippen LogP contribution in [0.2, 0.25) is 0 Å². The first-order valence-electron chi connectivity index (χ1n) is 7.90. The number of benzene rings is 2. The van der Waals surface area contributed by atoms with Gasteiger partial charge in [-0.1, -0.05) is 29.8 Å². The molecule has 0 bridgehead atoms. The van der Waals surface area contributed by atoms with Crippen LogP contribution in [0.3, 0.4) is 0 Å². The molecule has 2 aromatic carbocycles. The van der Waals surface area contributed by atoms with E-state index in [1.165, 1.54) is 17.8 Å². The molecule has 0 spiro atoms. The summed E-state index contributed by atoms with van der Waals surface area (Å²) in [4.78, 5) is 23.6. The van der Waals surface area contributed by atoms with Crippen LogP contribution in [0, 0.1) is 19.7 Å². The Morgan fingerprint density at radius 2 is 1.68 bits per heavy atom. The number of amides is 2. The first-order chi connectivity index (χ1) is 11.9. The zero-order valence-corrected chi connectivity index (χ0v) is 15.1. The van der Waals surface area contributed by atoms with Crippen molar-refractivity contribution in [1.29, 1.82) is 0 Å². The second-order valence-corrected chi connectivity index (χ2v) is 6.75. The van der Waals surface area contributed by atoms with Gasteiger partial charge < -0.3 is 10.6 Å². The SMILES string of the molecule is Cc1ccc(NC(=O)CSCC(=O)NCc2ccc(C)c(F)c2)cc1. The van der Waals surface area contributed by atoms with Gasteiger partial charge in [0.05, 0.1) is 11.5 Å². The minimum atomic E-state index is -0.283. The number of thioether (sulfide) groups is 1. The molecule has 2 N–H and O–H groups in total. The minimum Gasteiger partial charge on any atom is -0.351 e. The van der Waals surface area contributed by atoms with Gasteiger partial charge in [0.15, 0.2) is 0 Å². The topological polar surface area (TPSA) is 58.2 Å². The molecule has 0 radical (unpaired) electrons. The van der Waals surface area contributed by atoms with Crippen LogP contribution < -0.4 is 10.6 Å². The lowest BCUT2D eigenvalue weighted by Crippen LogP contribution is -2.25. The van der Waals surface area contributed by atoms with Crippen molar-refractivity contribution in [2.75, 3.05) is 16.8 Å². The van der Waals surface area contributed by atoms with E-state index >= 15 is 0 Å². The number of aryl methyl sites for hydroxylation is 2. The van der Waals surface area contributed by atoms with Crippen molar-refractivity contribution in [1.82, 2.24) is 5.32 Å². The van der Waals surface area contributed by atoms with Crippen LogP contribution in [0.1, 0.15) is 16.7 Å². The molecule has 132 valence electrons. The zero-order chi connectivity index (χ0) is 18.2. The molecule has 2 rings (SSSR count). The summed E-state index contributed by atoms with van der Waals surface area (Å²) in [6.07, 6.45) is 0. The Morgan fingerprint density at radius 3 is 2.36 bits per heavy atom. The zero-order valence-electron chi connectivity index (χ0n) is 14.3. The van der Waals surface area contributed by atoms with Crippen LogP contribution in [0.5, 0.6) is 0 Å². The average Bonchev–Trinajstić information content (AvgIpc) is 2.58. The number of halogens is 1. The fourth-order valence-electron chi connectivity index (χ4n) is 2.07. The molecule has 2 amide bonds. The van der Waals surface area contributed by atoms with E-state index in [2.05, 4.69) is 10.6 Å². The average molecular weight is 360 g/mol. The van der Waals surface area contributed by atoms with Crippen molar-refractivity contribution in [3.63, 3.8) is 0 Å². The van der Waals surface area contributed by atoms with Crippen LogP contribution in [0.25, 0.3) is 0 Å². The Hall–Kier alpha value is -2.34. The lowest BCUT2D eigenvalue weighted by atomic mass is 10.1. The third-order valence-corrected chi connectivity index (χ3v) is 4.46. The standard InChI is InChI=1S/C19H21FN2O2S/c1-13-3-7-16(8-4-13)22-19(24)12-25-11-18(23)21-10-15-6-5-14(2)17(20)9-15/h3-9H,10-12H2,1-2H3,(H,21,23)(H,22,24). The summed E-state index contributed by atoms with van der Waals surface area (Å²) in [5.74, 6) is -0.249. The van der Waals surface area contributed by atoms with Crippen molar-refractivity contribution < 1.29 is 14.0 Å². The fraction of sp³-hybridized carbons (Fsp3) is 0.263. The number of carbonyl (C=O) groups is 2. The van der Waals surface area contributed by atoms with E-state index in [0.717, 1.165) is 11.3 Å². The summed E-state index contributed by atoms with van der Waals surface area (Å²) in [7, 11) is 0. The Labute approximate surface area is 151 Å². The highest BCUT2D eigenvalue weighted by Gasteiger charge is 2.07. The number of hydrogen-bond acceptors (Lipinski definition) is 3. The highest BCUT2D eigenvalue weighted by molar-refractivity contribution is 8.00. The molecule has 0 aliphatic heterocycles. The molecular weight excluding hydrogens is 339 g/mol. The molecule has 0 heterocycles. The highest BCUT2D eigenvalue weighted by atomic mass is 32.2. The molecule has 0 saturated carbocycles. The van der Waals surface area contributed by atoms with E-state index in [0.29, 0.717) is 11.1 Å². The van der Waals surface area contributed by atoms with Crippen molar-refractivity contribution in [2.24, 2.45) is 0 Å². The summed E-state index contributed by atoms with van der Waals surface area (Å²) in [5, 5.41) is 5.50. The molecule has 0 aromatic heterocycles. The first kappa shape index (κ1) is 19.0. The predicted octanol–water partition coefficient (Wildman–Crippen LogP) is 3.43. The van der Waals surface area contributed by atoms with Gasteiger partial charge in [0.25, 0.3) is 0 Å². The monoisotopic (exact) mass is 360 g/mol. The van der Waals surface area contributed by atoms with E-state index in [1.54, 1.807) is 19.1 Å². The minimum absolute atomic E-state index is 0.151. The van der Waals surface area contributed by atoms with Gasteiger partial charge in [-0.3, -0.25) is 9.59 Å². The first-order valence-corrected chi connectivity index (χ1v) is 9.05. The summed E-state index contributed by atoms with van der Waals surface area (Å²) >= 11 is 1.23. The van der Waals surface area contributed by atoms with Crippen LogP contribution in [-0.2, 0) is 16.1 Å². The Kier molecular flexibility index (Phi) is 7.01. The molecule has 0 unspecified atom stereocenters. The van der Waals surface area contributed by atoms with Crippen LogP contribution >= 0.6 is 11.8 Å². The largest absolute Gasteiger partial charge is 0.351 e. The van der Waals surface area contributed by atoms with Crippen molar-refractivity contribution in [3.05, 3.63) is 65.0 Å². The Balaban J connectivity index is 1.66. The summed E-state index contributed by atoms with van der Waals surface area (Å²) in [6.45, 7) is 3.94. The maximum atomic E-state index is 13.4.